The largest absolute Gasteiger partial charge is 0.455 e. The predicted octanol–water partition coefficient (Wildman–Crippen LogP) is 3.84. The molecule has 3 aromatic rings. The molecule has 0 saturated carbocycles. The molecule has 2 aromatic heterocycles. The molecule has 0 spiro atoms. The molecule has 0 aliphatic carbocycles. The van der Waals surface area contributed by atoms with E-state index >= 15 is 0 Å². The van der Waals surface area contributed by atoms with Gasteiger partial charge in [0.25, 0.3) is 5.69 Å². The standard InChI is InChI=1S/C21H22N4O4/c1-15-7-10-23(11-8-15)19-6-5-17(25(27)28)12-18(19)21(26)29-14-16-13-24-9-3-2-4-20(24)22-16/h2-6,9,12-13,15H,7-8,10-11,14H2,1H3. The Bertz CT molecular complexity index is 1020. The number of hydrogen-bond donors (Lipinski definition) is 0. The molecule has 1 aromatic carbocycles. The van der Waals surface area contributed by atoms with Crippen molar-refractivity contribution in [2.45, 2.75) is 26.4 Å². The zero-order valence-electron chi connectivity index (χ0n) is 16.2. The zero-order chi connectivity index (χ0) is 20.4. The average Bonchev–Trinajstić information content (AvgIpc) is 3.15. The summed E-state index contributed by atoms with van der Waals surface area (Å²) in [7, 11) is 0. The van der Waals surface area contributed by atoms with Crippen LogP contribution in [-0.2, 0) is 11.3 Å². The minimum Gasteiger partial charge on any atom is -0.455 e. The second kappa shape index (κ2) is 7.90. The van der Waals surface area contributed by atoms with Crippen LogP contribution in [0.2, 0.25) is 0 Å². The highest BCUT2D eigenvalue weighted by Gasteiger charge is 2.24. The summed E-state index contributed by atoms with van der Waals surface area (Å²) in [6.45, 7) is 3.83. The van der Waals surface area contributed by atoms with Crippen LogP contribution in [0.15, 0.2) is 48.8 Å². The number of esters is 1. The summed E-state index contributed by atoms with van der Waals surface area (Å²) in [5.41, 5.74) is 2.15. The molecule has 150 valence electrons. The molecule has 3 heterocycles. The van der Waals surface area contributed by atoms with Crippen molar-refractivity contribution in [3.05, 3.63) is 70.2 Å². The molecule has 29 heavy (non-hydrogen) atoms. The van der Waals surface area contributed by atoms with Gasteiger partial charge in [-0.15, -0.1) is 0 Å². The molecular weight excluding hydrogens is 372 g/mol. The highest BCUT2D eigenvalue weighted by atomic mass is 16.6. The molecule has 0 amide bonds. The third kappa shape index (κ3) is 4.06. The number of fused-ring (bicyclic) bond motifs is 1. The Morgan fingerprint density at radius 1 is 1.28 bits per heavy atom. The Balaban J connectivity index is 1.56. The molecule has 0 radical (unpaired) electrons. The summed E-state index contributed by atoms with van der Waals surface area (Å²) in [5, 5.41) is 11.2. The number of carbonyl (C=O) groups is 1. The van der Waals surface area contributed by atoms with E-state index in [4.69, 9.17) is 4.74 Å². The third-order valence-corrected chi connectivity index (χ3v) is 5.30. The lowest BCUT2D eigenvalue weighted by atomic mass is 9.98. The second-order valence-electron chi connectivity index (χ2n) is 7.40. The fourth-order valence-corrected chi connectivity index (χ4v) is 3.60. The van der Waals surface area contributed by atoms with Crippen molar-refractivity contribution in [2.75, 3.05) is 18.0 Å². The molecule has 8 heteroatoms. The normalized spacial score (nSPS) is 14.9. The van der Waals surface area contributed by atoms with Gasteiger partial charge in [0.2, 0.25) is 0 Å². The van der Waals surface area contributed by atoms with Crippen LogP contribution < -0.4 is 4.90 Å². The summed E-state index contributed by atoms with van der Waals surface area (Å²) in [4.78, 5) is 30.1. The number of piperidine rings is 1. The quantitative estimate of drug-likeness (QED) is 0.371. The van der Waals surface area contributed by atoms with Crippen molar-refractivity contribution in [3.8, 4) is 0 Å². The number of carbonyl (C=O) groups excluding carboxylic acids is 1. The number of pyridine rings is 1. The van der Waals surface area contributed by atoms with Crippen LogP contribution in [0.25, 0.3) is 5.65 Å². The Kier molecular flexibility index (Phi) is 5.16. The van der Waals surface area contributed by atoms with Crippen LogP contribution in [0.1, 0.15) is 35.8 Å². The van der Waals surface area contributed by atoms with Crippen LogP contribution in [0, 0.1) is 16.0 Å². The lowest BCUT2D eigenvalue weighted by Gasteiger charge is -2.33. The summed E-state index contributed by atoms with van der Waals surface area (Å²) in [6, 6.07) is 10.0. The van der Waals surface area contributed by atoms with Crippen LogP contribution >= 0.6 is 0 Å². The summed E-state index contributed by atoms with van der Waals surface area (Å²) >= 11 is 0. The summed E-state index contributed by atoms with van der Waals surface area (Å²) < 4.78 is 7.31. The number of nitro benzene ring substituents is 1. The smallest absolute Gasteiger partial charge is 0.340 e. The van der Waals surface area contributed by atoms with Crippen LogP contribution in [0.4, 0.5) is 11.4 Å². The third-order valence-electron chi connectivity index (χ3n) is 5.30. The first kappa shape index (κ1) is 18.9. The van der Waals surface area contributed by atoms with E-state index in [0.717, 1.165) is 31.6 Å². The number of nitro groups is 1. The minimum atomic E-state index is -0.584. The highest BCUT2D eigenvalue weighted by molar-refractivity contribution is 5.96. The monoisotopic (exact) mass is 394 g/mol. The first-order chi connectivity index (χ1) is 14.0. The fraction of sp³-hybridized carbons (Fsp3) is 0.333. The van der Waals surface area contributed by atoms with Gasteiger partial charge < -0.3 is 14.0 Å². The molecule has 0 unspecified atom stereocenters. The zero-order valence-corrected chi connectivity index (χ0v) is 16.2. The van der Waals surface area contributed by atoms with E-state index in [1.165, 1.54) is 12.1 Å². The Hall–Kier alpha value is -3.42. The number of anilines is 1. The van der Waals surface area contributed by atoms with Gasteiger partial charge in [-0.1, -0.05) is 13.0 Å². The number of imidazole rings is 1. The van der Waals surface area contributed by atoms with Gasteiger partial charge in [0.15, 0.2) is 0 Å². The molecule has 1 aliphatic heterocycles. The van der Waals surface area contributed by atoms with Crippen LogP contribution in [0.5, 0.6) is 0 Å². The van der Waals surface area contributed by atoms with E-state index in [-0.39, 0.29) is 17.9 Å². The van der Waals surface area contributed by atoms with E-state index < -0.39 is 10.9 Å². The molecule has 8 nitrogen and oxygen atoms in total. The molecule has 1 aliphatic rings. The van der Waals surface area contributed by atoms with Crippen molar-refractivity contribution >= 4 is 23.0 Å². The van der Waals surface area contributed by atoms with Crippen LogP contribution in [0.3, 0.4) is 0 Å². The predicted molar refractivity (Wildman–Crippen MR) is 108 cm³/mol. The van der Waals surface area contributed by atoms with E-state index in [1.807, 2.05) is 28.8 Å². The number of benzene rings is 1. The number of hydrogen-bond acceptors (Lipinski definition) is 6. The van der Waals surface area contributed by atoms with Gasteiger partial charge >= 0.3 is 5.97 Å². The van der Waals surface area contributed by atoms with Crippen molar-refractivity contribution in [3.63, 3.8) is 0 Å². The van der Waals surface area contributed by atoms with Gasteiger partial charge in [0.1, 0.15) is 12.3 Å². The van der Waals surface area contributed by atoms with Gasteiger partial charge in [-0.3, -0.25) is 10.1 Å². The van der Waals surface area contributed by atoms with E-state index in [1.54, 1.807) is 12.3 Å². The summed E-state index contributed by atoms with van der Waals surface area (Å²) in [6.07, 6.45) is 5.70. The van der Waals surface area contributed by atoms with E-state index in [9.17, 15) is 14.9 Å². The Morgan fingerprint density at radius 2 is 2.07 bits per heavy atom. The molecule has 4 rings (SSSR count). The molecule has 1 fully saturated rings. The SMILES string of the molecule is CC1CCN(c2ccc([N+](=O)[O-])cc2C(=O)OCc2cn3ccccc3n2)CC1. The fourth-order valence-electron chi connectivity index (χ4n) is 3.60. The van der Waals surface area contributed by atoms with Gasteiger partial charge in [0.05, 0.1) is 21.9 Å². The minimum absolute atomic E-state index is 0.000318. The van der Waals surface area contributed by atoms with Gasteiger partial charge in [-0.05, 0) is 37.0 Å². The number of ether oxygens (including phenoxy) is 1. The van der Waals surface area contributed by atoms with Crippen LogP contribution in [-0.4, -0.2) is 33.4 Å². The Labute approximate surface area is 167 Å². The summed E-state index contributed by atoms with van der Waals surface area (Å²) in [5.74, 6) is 0.0501. The van der Waals surface area contributed by atoms with Gasteiger partial charge in [0, 0.05) is 37.6 Å². The first-order valence-corrected chi connectivity index (χ1v) is 9.64. The van der Waals surface area contributed by atoms with Gasteiger partial charge in [-0.25, -0.2) is 9.78 Å². The Morgan fingerprint density at radius 3 is 2.79 bits per heavy atom. The number of rotatable bonds is 5. The van der Waals surface area contributed by atoms with Crippen molar-refractivity contribution in [2.24, 2.45) is 5.92 Å². The number of aromatic nitrogens is 2. The molecule has 0 bridgehead atoms. The number of non-ortho nitro benzene ring substituents is 1. The number of nitrogens with zero attached hydrogens (tertiary/aromatic N) is 4. The van der Waals surface area contributed by atoms with Crippen molar-refractivity contribution in [1.82, 2.24) is 9.38 Å². The maximum atomic E-state index is 12.8. The molecule has 1 saturated heterocycles. The molecular formula is C21H22N4O4. The lowest BCUT2D eigenvalue weighted by molar-refractivity contribution is -0.384. The second-order valence-corrected chi connectivity index (χ2v) is 7.40. The lowest BCUT2D eigenvalue weighted by Crippen LogP contribution is -2.34. The molecule has 0 N–H and O–H groups in total. The highest BCUT2D eigenvalue weighted by Crippen LogP contribution is 2.30. The van der Waals surface area contributed by atoms with E-state index in [2.05, 4.69) is 16.8 Å². The first-order valence-electron chi connectivity index (χ1n) is 9.64. The molecule has 0 atom stereocenters. The van der Waals surface area contributed by atoms with E-state index in [0.29, 0.717) is 17.3 Å². The maximum absolute atomic E-state index is 12.8. The average molecular weight is 394 g/mol. The van der Waals surface area contributed by atoms with Crippen molar-refractivity contribution < 1.29 is 14.5 Å². The maximum Gasteiger partial charge on any atom is 0.340 e. The topological polar surface area (TPSA) is 90.0 Å². The van der Waals surface area contributed by atoms with Crippen molar-refractivity contribution in [1.29, 1.82) is 0 Å². The van der Waals surface area contributed by atoms with Gasteiger partial charge in [-0.2, -0.15) is 0 Å².